The Labute approximate surface area is 103 Å². The number of hydrogen-bond donors (Lipinski definition) is 3. The number of nitrogen functional groups attached to an aromatic ring is 1. The van der Waals surface area contributed by atoms with Gasteiger partial charge in [0.1, 0.15) is 5.82 Å². The first-order chi connectivity index (χ1) is 7.84. The molecule has 1 atom stereocenters. The lowest BCUT2D eigenvalue weighted by Gasteiger charge is -2.27. The Morgan fingerprint density at radius 1 is 1.41 bits per heavy atom. The van der Waals surface area contributed by atoms with Gasteiger partial charge in [0.2, 0.25) is 5.95 Å². The molecule has 96 valence electrons. The van der Waals surface area contributed by atoms with Crippen LogP contribution in [0.4, 0.5) is 11.8 Å². The van der Waals surface area contributed by atoms with Crippen LogP contribution < -0.4 is 16.6 Å². The van der Waals surface area contributed by atoms with Crippen LogP contribution in [0.3, 0.4) is 0 Å². The molecule has 1 rings (SSSR count). The number of hydrogen-bond acceptors (Lipinski definition) is 5. The lowest BCUT2D eigenvalue weighted by atomic mass is 9.82. The maximum Gasteiger partial charge on any atom is 0.239 e. The first-order valence-corrected chi connectivity index (χ1v) is 5.88. The van der Waals surface area contributed by atoms with Gasteiger partial charge in [0, 0.05) is 18.3 Å². The molecule has 0 spiro atoms. The van der Waals surface area contributed by atoms with Gasteiger partial charge < -0.3 is 5.32 Å². The van der Waals surface area contributed by atoms with Crippen molar-refractivity contribution in [2.75, 3.05) is 17.3 Å². The molecule has 0 bridgehead atoms. The predicted octanol–water partition coefficient (Wildman–Crippen LogP) is 2.16. The molecular formula is C12H23N5. The zero-order chi connectivity index (χ0) is 13.1. The second-order valence-corrected chi connectivity index (χ2v) is 5.52. The van der Waals surface area contributed by atoms with E-state index in [9.17, 15) is 0 Å². The van der Waals surface area contributed by atoms with Gasteiger partial charge in [-0.1, -0.05) is 27.7 Å². The summed E-state index contributed by atoms with van der Waals surface area (Å²) in [5.41, 5.74) is 3.75. The number of nitrogens with zero attached hydrogens (tertiary/aromatic N) is 2. The van der Waals surface area contributed by atoms with Gasteiger partial charge in [-0.05, 0) is 18.3 Å². The summed E-state index contributed by atoms with van der Waals surface area (Å²) in [7, 11) is 0. The standard InChI is InChI=1S/C12H23N5/c1-8-6-15-11(17-13)16-10(8)14-7-9(2)12(3,4)5/h6,9H,7,13H2,1-5H3,(H2,14,15,16,17). The first kappa shape index (κ1) is 13.7. The van der Waals surface area contributed by atoms with Gasteiger partial charge in [0.15, 0.2) is 0 Å². The summed E-state index contributed by atoms with van der Waals surface area (Å²) in [6, 6.07) is 0. The van der Waals surface area contributed by atoms with Crippen molar-refractivity contribution in [2.24, 2.45) is 17.2 Å². The number of hydrazine groups is 1. The summed E-state index contributed by atoms with van der Waals surface area (Å²) in [6.45, 7) is 11.8. The van der Waals surface area contributed by atoms with Crippen LogP contribution in [0, 0.1) is 18.3 Å². The van der Waals surface area contributed by atoms with Crippen molar-refractivity contribution in [1.82, 2.24) is 9.97 Å². The van der Waals surface area contributed by atoms with Gasteiger partial charge in [-0.2, -0.15) is 4.98 Å². The van der Waals surface area contributed by atoms with Gasteiger partial charge in [-0.3, -0.25) is 5.43 Å². The average molecular weight is 237 g/mol. The highest BCUT2D eigenvalue weighted by molar-refractivity contribution is 5.46. The lowest BCUT2D eigenvalue weighted by Crippen LogP contribution is -2.25. The first-order valence-electron chi connectivity index (χ1n) is 5.88. The molecule has 4 N–H and O–H groups in total. The van der Waals surface area contributed by atoms with Gasteiger partial charge in [0.25, 0.3) is 0 Å². The second-order valence-electron chi connectivity index (χ2n) is 5.52. The molecule has 1 aromatic heterocycles. The molecule has 5 heteroatoms. The maximum atomic E-state index is 5.29. The topological polar surface area (TPSA) is 75.9 Å². The third-order valence-corrected chi connectivity index (χ3v) is 3.15. The van der Waals surface area contributed by atoms with E-state index in [1.54, 1.807) is 6.20 Å². The minimum absolute atomic E-state index is 0.281. The fourth-order valence-corrected chi connectivity index (χ4v) is 1.25. The molecule has 0 aromatic carbocycles. The maximum absolute atomic E-state index is 5.29. The Balaban J connectivity index is 2.69. The Bertz CT molecular complexity index is 370. The summed E-state index contributed by atoms with van der Waals surface area (Å²) in [5, 5.41) is 3.35. The highest BCUT2D eigenvalue weighted by Gasteiger charge is 2.19. The third kappa shape index (κ3) is 3.85. The van der Waals surface area contributed by atoms with Crippen LogP contribution in [-0.2, 0) is 0 Å². The van der Waals surface area contributed by atoms with Crippen molar-refractivity contribution in [3.63, 3.8) is 0 Å². The molecular weight excluding hydrogens is 214 g/mol. The average Bonchev–Trinajstić information content (AvgIpc) is 2.26. The monoisotopic (exact) mass is 237 g/mol. The zero-order valence-electron chi connectivity index (χ0n) is 11.3. The van der Waals surface area contributed by atoms with E-state index in [0.717, 1.165) is 17.9 Å². The molecule has 0 amide bonds. The van der Waals surface area contributed by atoms with Crippen LogP contribution in [-0.4, -0.2) is 16.5 Å². The molecule has 0 saturated carbocycles. The number of aryl methyl sites for hydroxylation is 1. The molecule has 0 radical (unpaired) electrons. The van der Waals surface area contributed by atoms with Crippen molar-refractivity contribution >= 4 is 11.8 Å². The molecule has 0 saturated heterocycles. The minimum atomic E-state index is 0.281. The summed E-state index contributed by atoms with van der Waals surface area (Å²) >= 11 is 0. The number of anilines is 2. The molecule has 1 unspecified atom stereocenters. The number of nitrogens with two attached hydrogens (primary N) is 1. The zero-order valence-corrected chi connectivity index (χ0v) is 11.3. The normalized spacial score (nSPS) is 13.3. The van der Waals surface area contributed by atoms with Gasteiger partial charge in [-0.25, -0.2) is 10.8 Å². The molecule has 0 aliphatic carbocycles. The van der Waals surface area contributed by atoms with E-state index in [4.69, 9.17) is 5.84 Å². The van der Waals surface area contributed by atoms with Gasteiger partial charge in [-0.15, -0.1) is 0 Å². The Morgan fingerprint density at radius 2 is 2.06 bits per heavy atom. The van der Waals surface area contributed by atoms with E-state index in [1.165, 1.54) is 0 Å². The number of aromatic nitrogens is 2. The third-order valence-electron chi connectivity index (χ3n) is 3.15. The Morgan fingerprint density at radius 3 is 2.59 bits per heavy atom. The fraction of sp³-hybridized carbons (Fsp3) is 0.667. The van der Waals surface area contributed by atoms with E-state index in [2.05, 4.69) is 48.4 Å². The largest absolute Gasteiger partial charge is 0.369 e. The van der Waals surface area contributed by atoms with E-state index in [0.29, 0.717) is 11.9 Å². The highest BCUT2D eigenvalue weighted by atomic mass is 15.3. The molecule has 1 heterocycles. The number of nitrogens with one attached hydrogen (secondary N) is 2. The summed E-state index contributed by atoms with van der Waals surface area (Å²) < 4.78 is 0. The summed E-state index contributed by atoms with van der Waals surface area (Å²) in [5.74, 6) is 7.11. The van der Waals surface area contributed by atoms with Crippen molar-refractivity contribution in [3.05, 3.63) is 11.8 Å². The molecule has 0 aliphatic heterocycles. The van der Waals surface area contributed by atoms with Crippen molar-refractivity contribution in [2.45, 2.75) is 34.6 Å². The SMILES string of the molecule is Cc1cnc(NN)nc1NCC(C)C(C)(C)C. The summed E-state index contributed by atoms with van der Waals surface area (Å²) in [4.78, 5) is 8.33. The van der Waals surface area contributed by atoms with Crippen LogP contribution in [0.2, 0.25) is 0 Å². The molecule has 1 aromatic rings. The Kier molecular flexibility index (Phi) is 4.28. The van der Waals surface area contributed by atoms with Crippen molar-refractivity contribution < 1.29 is 0 Å². The Hall–Kier alpha value is -1.36. The number of rotatable bonds is 4. The highest BCUT2D eigenvalue weighted by Crippen LogP contribution is 2.25. The fourth-order valence-electron chi connectivity index (χ4n) is 1.25. The van der Waals surface area contributed by atoms with Crippen LogP contribution in [0.25, 0.3) is 0 Å². The minimum Gasteiger partial charge on any atom is -0.369 e. The van der Waals surface area contributed by atoms with E-state index in [-0.39, 0.29) is 5.41 Å². The quantitative estimate of drug-likeness (QED) is 0.552. The second kappa shape index (κ2) is 5.31. The van der Waals surface area contributed by atoms with Crippen molar-refractivity contribution in [3.8, 4) is 0 Å². The van der Waals surface area contributed by atoms with Crippen LogP contribution in [0.15, 0.2) is 6.20 Å². The summed E-state index contributed by atoms with van der Waals surface area (Å²) in [6.07, 6.45) is 1.76. The molecule has 17 heavy (non-hydrogen) atoms. The predicted molar refractivity (Wildman–Crippen MR) is 71.7 cm³/mol. The van der Waals surface area contributed by atoms with Gasteiger partial charge >= 0.3 is 0 Å². The van der Waals surface area contributed by atoms with E-state index in [1.807, 2.05) is 6.92 Å². The molecule has 0 fully saturated rings. The molecule has 0 aliphatic rings. The van der Waals surface area contributed by atoms with Crippen LogP contribution in [0.5, 0.6) is 0 Å². The molecule has 5 nitrogen and oxygen atoms in total. The smallest absolute Gasteiger partial charge is 0.239 e. The lowest BCUT2D eigenvalue weighted by molar-refractivity contribution is 0.274. The van der Waals surface area contributed by atoms with E-state index >= 15 is 0 Å². The van der Waals surface area contributed by atoms with Crippen LogP contribution in [0.1, 0.15) is 33.3 Å². The van der Waals surface area contributed by atoms with Crippen molar-refractivity contribution in [1.29, 1.82) is 0 Å². The van der Waals surface area contributed by atoms with E-state index < -0.39 is 0 Å². The van der Waals surface area contributed by atoms with Gasteiger partial charge in [0.05, 0.1) is 0 Å². The van der Waals surface area contributed by atoms with Crippen LogP contribution >= 0.6 is 0 Å².